The Labute approximate surface area is 116 Å². The van der Waals surface area contributed by atoms with Crippen LogP contribution in [-0.4, -0.2) is 18.1 Å². The molecule has 1 aromatic carbocycles. The van der Waals surface area contributed by atoms with Crippen LogP contribution in [0.25, 0.3) is 0 Å². The Hall–Kier alpha value is -1.07. The van der Waals surface area contributed by atoms with Crippen LogP contribution in [-0.2, 0) is 16.1 Å². The summed E-state index contributed by atoms with van der Waals surface area (Å²) in [6.45, 7) is 6.22. The lowest BCUT2D eigenvalue weighted by Crippen LogP contribution is -2.31. The molecule has 1 aromatic rings. The number of carbonyl (C=O) groups excluding carboxylic acids is 1. The first-order valence-corrected chi connectivity index (χ1v) is 6.54. The van der Waals surface area contributed by atoms with Crippen molar-refractivity contribution < 1.29 is 9.53 Å². The lowest BCUT2D eigenvalue weighted by Gasteiger charge is -2.19. The van der Waals surface area contributed by atoms with E-state index in [1.165, 1.54) is 0 Å². The predicted octanol–water partition coefficient (Wildman–Crippen LogP) is 2.46. The van der Waals surface area contributed by atoms with Crippen molar-refractivity contribution in [1.82, 2.24) is 5.32 Å². The van der Waals surface area contributed by atoms with Crippen molar-refractivity contribution in [3.05, 3.63) is 28.2 Å². The van der Waals surface area contributed by atoms with Crippen molar-refractivity contribution in [2.24, 2.45) is 0 Å². The zero-order valence-electron chi connectivity index (χ0n) is 10.9. The summed E-state index contributed by atoms with van der Waals surface area (Å²) in [4.78, 5) is 11.5. The highest BCUT2D eigenvalue weighted by molar-refractivity contribution is 9.10. The molecule has 0 saturated heterocycles. The molecule has 3 N–H and O–H groups in total. The number of nitrogen functional groups attached to an aromatic ring is 1. The number of rotatable bonds is 4. The molecular weight excluding hydrogens is 296 g/mol. The first-order chi connectivity index (χ1) is 8.29. The molecule has 0 aliphatic heterocycles. The third-order valence-corrected chi connectivity index (χ3v) is 2.89. The Bertz CT molecular complexity index is 407. The summed E-state index contributed by atoms with van der Waals surface area (Å²) in [5.74, 6) is -0.270. The fourth-order valence-electron chi connectivity index (χ4n) is 1.43. The first kappa shape index (κ1) is 15.0. The molecule has 1 rings (SSSR count). The molecule has 0 atom stereocenters. The topological polar surface area (TPSA) is 64.3 Å². The maximum Gasteiger partial charge on any atom is 0.320 e. The van der Waals surface area contributed by atoms with Crippen LogP contribution in [0.2, 0.25) is 0 Å². The number of anilines is 1. The SMILES string of the molecule is CC(C)(C)OC(=O)CNCc1c(N)cccc1Br. The standard InChI is InChI=1S/C13H19BrN2O2/c1-13(2,3)18-12(17)8-16-7-9-10(14)5-4-6-11(9)15/h4-6,16H,7-8,15H2,1-3H3. The highest BCUT2D eigenvalue weighted by Crippen LogP contribution is 2.21. The van der Waals surface area contributed by atoms with Crippen molar-refractivity contribution in [3.63, 3.8) is 0 Å². The van der Waals surface area contributed by atoms with Crippen molar-refractivity contribution in [2.45, 2.75) is 32.9 Å². The summed E-state index contributed by atoms with van der Waals surface area (Å²) in [7, 11) is 0. The number of esters is 1. The average Bonchev–Trinajstić information content (AvgIpc) is 2.19. The smallest absolute Gasteiger partial charge is 0.320 e. The number of hydrogen-bond acceptors (Lipinski definition) is 4. The molecule has 0 aliphatic carbocycles. The molecule has 0 heterocycles. The Morgan fingerprint density at radius 2 is 2.11 bits per heavy atom. The van der Waals surface area contributed by atoms with E-state index in [0.29, 0.717) is 12.2 Å². The number of carbonyl (C=O) groups is 1. The molecule has 100 valence electrons. The van der Waals surface area contributed by atoms with E-state index in [0.717, 1.165) is 10.0 Å². The number of nitrogens with one attached hydrogen (secondary N) is 1. The Balaban J connectivity index is 2.45. The maximum absolute atomic E-state index is 11.5. The number of ether oxygens (including phenoxy) is 1. The fourth-order valence-corrected chi connectivity index (χ4v) is 1.95. The molecule has 0 aliphatic rings. The normalized spacial score (nSPS) is 11.3. The van der Waals surface area contributed by atoms with Gasteiger partial charge in [0.25, 0.3) is 0 Å². The molecule has 5 heteroatoms. The van der Waals surface area contributed by atoms with Gasteiger partial charge < -0.3 is 15.8 Å². The third-order valence-electron chi connectivity index (χ3n) is 2.15. The minimum atomic E-state index is -0.453. The number of hydrogen-bond donors (Lipinski definition) is 2. The van der Waals surface area contributed by atoms with Crippen molar-refractivity contribution >= 4 is 27.6 Å². The van der Waals surface area contributed by atoms with Crippen LogP contribution in [0.15, 0.2) is 22.7 Å². The molecule has 0 amide bonds. The molecule has 0 aromatic heterocycles. The van der Waals surface area contributed by atoms with Crippen molar-refractivity contribution in [3.8, 4) is 0 Å². The van der Waals surface area contributed by atoms with Crippen LogP contribution >= 0.6 is 15.9 Å². The molecule has 0 saturated carbocycles. The molecule has 0 bridgehead atoms. The Morgan fingerprint density at radius 3 is 2.67 bits per heavy atom. The second-order valence-corrected chi connectivity index (χ2v) is 5.85. The van der Waals surface area contributed by atoms with E-state index >= 15 is 0 Å². The summed E-state index contributed by atoms with van der Waals surface area (Å²) < 4.78 is 6.12. The number of benzene rings is 1. The fraction of sp³-hybridized carbons (Fsp3) is 0.462. The molecule has 4 nitrogen and oxygen atoms in total. The van der Waals surface area contributed by atoms with Gasteiger partial charge in [0.15, 0.2) is 0 Å². The van der Waals surface area contributed by atoms with Gasteiger partial charge in [0.1, 0.15) is 5.60 Å². The average molecular weight is 315 g/mol. The molecule has 0 spiro atoms. The highest BCUT2D eigenvalue weighted by atomic mass is 79.9. The van der Waals surface area contributed by atoms with E-state index in [1.807, 2.05) is 39.0 Å². The summed E-state index contributed by atoms with van der Waals surface area (Å²) in [5.41, 5.74) is 7.04. The van der Waals surface area contributed by atoms with Crippen LogP contribution in [0.4, 0.5) is 5.69 Å². The summed E-state index contributed by atoms with van der Waals surface area (Å²) in [6.07, 6.45) is 0. The van der Waals surface area contributed by atoms with Crippen molar-refractivity contribution in [2.75, 3.05) is 12.3 Å². The Kier molecular flexibility index (Phi) is 5.16. The Morgan fingerprint density at radius 1 is 1.44 bits per heavy atom. The van der Waals surface area contributed by atoms with E-state index in [2.05, 4.69) is 21.2 Å². The van der Waals surface area contributed by atoms with Gasteiger partial charge in [-0.1, -0.05) is 22.0 Å². The number of halogens is 1. The van der Waals surface area contributed by atoms with Gasteiger partial charge in [-0.05, 0) is 32.9 Å². The van der Waals surface area contributed by atoms with Crippen LogP contribution in [0.3, 0.4) is 0 Å². The van der Waals surface area contributed by atoms with Crippen LogP contribution in [0, 0.1) is 0 Å². The highest BCUT2D eigenvalue weighted by Gasteiger charge is 2.15. The van der Waals surface area contributed by atoms with E-state index in [-0.39, 0.29) is 12.5 Å². The second kappa shape index (κ2) is 6.20. The zero-order chi connectivity index (χ0) is 13.8. The second-order valence-electron chi connectivity index (χ2n) is 5.00. The quantitative estimate of drug-likeness (QED) is 0.662. The largest absolute Gasteiger partial charge is 0.459 e. The molecular formula is C13H19BrN2O2. The maximum atomic E-state index is 11.5. The van der Waals surface area contributed by atoms with Gasteiger partial charge >= 0.3 is 5.97 Å². The molecule has 18 heavy (non-hydrogen) atoms. The molecule has 0 fully saturated rings. The zero-order valence-corrected chi connectivity index (χ0v) is 12.5. The van der Waals surface area contributed by atoms with E-state index in [4.69, 9.17) is 10.5 Å². The van der Waals surface area contributed by atoms with E-state index < -0.39 is 5.60 Å². The van der Waals surface area contributed by atoms with E-state index in [1.54, 1.807) is 0 Å². The van der Waals surface area contributed by atoms with Gasteiger partial charge in [-0.15, -0.1) is 0 Å². The van der Waals surface area contributed by atoms with Gasteiger partial charge in [0.2, 0.25) is 0 Å². The first-order valence-electron chi connectivity index (χ1n) is 5.75. The number of nitrogens with two attached hydrogens (primary N) is 1. The lowest BCUT2D eigenvalue weighted by molar-refractivity contribution is -0.153. The minimum Gasteiger partial charge on any atom is -0.459 e. The summed E-state index contributed by atoms with van der Waals surface area (Å²) >= 11 is 3.43. The predicted molar refractivity (Wildman–Crippen MR) is 76.1 cm³/mol. The van der Waals surface area contributed by atoms with Gasteiger partial charge in [0.05, 0.1) is 6.54 Å². The monoisotopic (exact) mass is 314 g/mol. The molecule has 0 unspecified atom stereocenters. The van der Waals surface area contributed by atoms with Gasteiger partial charge in [0, 0.05) is 22.3 Å². The minimum absolute atomic E-state index is 0.165. The van der Waals surface area contributed by atoms with E-state index in [9.17, 15) is 4.79 Å². The third kappa shape index (κ3) is 5.06. The van der Waals surface area contributed by atoms with Crippen LogP contribution in [0.1, 0.15) is 26.3 Å². The van der Waals surface area contributed by atoms with Crippen molar-refractivity contribution in [1.29, 1.82) is 0 Å². The summed E-state index contributed by atoms with van der Waals surface area (Å²) in [5, 5.41) is 3.02. The summed E-state index contributed by atoms with van der Waals surface area (Å²) in [6, 6.07) is 5.62. The molecule has 0 radical (unpaired) electrons. The van der Waals surface area contributed by atoms with Gasteiger partial charge in [-0.2, -0.15) is 0 Å². The lowest BCUT2D eigenvalue weighted by atomic mass is 10.2. The van der Waals surface area contributed by atoms with Crippen LogP contribution in [0.5, 0.6) is 0 Å². The van der Waals surface area contributed by atoms with Crippen LogP contribution < -0.4 is 11.1 Å². The van der Waals surface area contributed by atoms with Gasteiger partial charge in [-0.25, -0.2) is 0 Å². The van der Waals surface area contributed by atoms with Gasteiger partial charge in [-0.3, -0.25) is 4.79 Å².